The fourth-order valence-corrected chi connectivity index (χ4v) is 3.40. The molecule has 1 aliphatic rings. The van der Waals surface area contributed by atoms with E-state index < -0.39 is 0 Å². The summed E-state index contributed by atoms with van der Waals surface area (Å²) >= 11 is 5.01. The third kappa shape index (κ3) is 2.80. The molecule has 0 bridgehead atoms. The summed E-state index contributed by atoms with van der Waals surface area (Å²) in [4.78, 5) is 2.36. The maximum atomic E-state index is 13.9. The van der Waals surface area contributed by atoms with Crippen LogP contribution in [-0.4, -0.2) is 18.1 Å². The zero-order chi connectivity index (χ0) is 14.8. The van der Waals surface area contributed by atoms with Crippen LogP contribution in [0.5, 0.6) is 0 Å². The molecule has 1 aromatic rings. The lowest BCUT2D eigenvalue weighted by atomic mass is 9.74. The molecule has 1 fully saturated rings. The molecule has 0 amide bonds. The Morgan fingerprint density at radius 3 is 2.40 bits per heavy atom. The number of anilines is 1. The Hall–Kier alpha value is -1.16. The van der Waals surface area contributed by atoms with Gasteiger partial charge in [0, 0.05) is 18.8 Å². The number of thiocarbonyl (C=S) groups is 1. The van der Waals surface area contributed by atoms with Crippen LogP contribution in [0, 0.1) is 11.2 Å². The van der Waals surface area contributed by atoms with Crippen molar-refractivity contribution in [2.24, 2.45) is 11.1 Å². The molecule has 1 aromatic carbocycles. The molecule has 20 heavy (non-hydrogen) atoms. The number of benzene rings is 1. The van der Waals surface area contributed by atoms with Crippen LogP contribution < -0.4 is 10.6 Å². The molecule has 0 saturated carbocycles. The quantitative estimate of drug-likeness (QED) is 0.855. The van der Waals surface area contributed by atoms with E-state index in [9.17, 15) is 4.39 Å². The minimum Gasteiger partial charge on any atom is -0.389 e. The van der Waals surface area contributed by atoms with Gasteiger partial charge in [0.05, 0.1) is 5.56 Å². The number of hydrogen-bond acceptors (Lipinski definition) is 2. The van der Waals surface area contributed by atoms with E-state index in [-0.39, 0.29) is 10.8 Å². The van der Waals surface area contributed by atoms with Gasteiger partial charge in [0.25, 0.3) is 0 Å². The van der Waals surface area contributed by atoms with Gasteiger partial charge >= 0.3 is 0 Å². The second kappa shape index (κ2) is 6.08. The fraction of sp³-hybridized carbons (Fsp3) is 0.562. The minimum absolute atomic E-state index is 0.140. The molecular formula is C16H23FN2S. The van der Waals surface area contributed by atoms with Crippen molar-refractivity contribution in [2.45, 2.75) is 39.5 Å². The first-order valence-electron chi connectivity index (χ1n) is 7.36. The zero-order valence-corrected chi connectivity index (χ0v) is 13.1. The van der Waals surface area contributed by atoms with Gasteiger partial charge in [-0.25, -0.2) is 4.39 Å². The summed E-state index contributed by atoms with van der Waals surface area (Å²) < 4.78 is 13.9. The Bertz CT molecular complexity index is 487. The SMILES string of the molecule is CCC1(CC)CCN(c2cccc(F)c2C(N)=S)CC1. The summed E-state index contributed by atoms with van der Waals surface area (Å²) in [5, 5.41) is 0. The highest BCUT2D eigenvalue weighted by atomic mass is 32.1. The van der Waals surface area contributed by atoms with Crippen LogP contribution in [0.1, 0.15) is 45.1 Å². The van der Waals surface area contributed by atoms with Gasteiger partial charge in [-0.05, 0) is 30.4 Å². The van der Waals surface area contributed by atoms with E-state index >= 15 is 0 Å². The average molecular weight is 294 g/mol. The van der Waals surface area contributed by atoms with E-state index in [0.29, 0.717) is 11.0 Å². The largest absolute Gasteiger partial charge is 0.389 e. The van der Waals surface area contributed by atoms with Crippen LogP contribution in [0.4, 0.5) is 10.1 Å². The van der Waals surface area contributed by atoms with Crippen molar-refractivity contribution in [1.82, 2.24) is 0 Å². The molecule has 0 aliphatic carbocycles. The Balaban J connectivity index is 2.23. The van der Waals surface area contributed by atoms with Crippen molar-refractivity contribution < 1.29 is 4.39 Å². The summed E-state index contributed by atoms with van der Waals surface area (Å²) in [6.07, 6.45) is 4.71. The van der Waals surface area contributed by atoms with Gasteiger partial charge in [0.2, 0.25) is 0 Å². The lowest BCUT2D eigenvalue weighted by Crippen LogP contribution is -2.40. The molecule has 2 rings (SSSR count). The first kappa shape index (κ1) is 15.2. The van der Waals surface area contributed by atoms with Crippen molar-refractivity contribution in [1.29, 1.82) is 0 Å². The molecule has 0 unspecified atom stereocenters. The fourth-order valence-electron chi connectivity index (χ4n) is 3.20. The van der Waals surface area contributed by atoms with Gasteiger partial charge in [0.15, 0.2) is 0 Å². The van der Waals surface area contributed by atoms with Gasteiger partial charge in [-0.2, -0.15) is 0 Å². The van der Waals surface area contributed by atoms with Crippen LogP contribution in [-0.2, 0) is 0 Å². The highest BCUT2D eigenvalue weighted by Crippen LogP contribution is 2.39. The maximum absolute atomic E-state index is 13.9. The lowest BCUT2D eigenvalue weighted by molar-refractivity contribution is 0.199. The number of rotatable bonds is 4. The topological polar surface area (TPSA) is 29.3 Å². The van der Waals surface area contributed by atoms with E-state index in [0.717, 1.165) is 31.6 Å². The van der Waals surface area contributed by atoms with Crippen molar-refractivity contribution in [3.63, 3.8) is 0 Å². The third-order valence-electron chi connectivity index (χ3n) is 4.90. The first-order chi connectivity index (χ1) is 9.53. The summed E-state index contributed by atoms with van der Waals surface area (Å²) in [5.74, 6) is -0.321. The van der Waals surface area contributed by atoms with Crippen LogP contribution in [0.15, 0.2) is 18.2 Å². The lowest BCUT2D eigenvalue weighted by Gasteiger charge is -2.42. The van der Waals surface area contributed by atoms with Crippen LogP contribution in [0.2, 0.25) is 0 Å². The molecular weight excluding hydrogens is 271 g/mol. The third-order valence-corrected chi connectivity index (χ3v) is 5.11. The highest BCUT2D eigenvalue weighted by molar-refractivity contribution is 7.80. The van der Waals surface area contributed by atoms with Crippen molar-refractivity contribution in [3.8, 4) is 0 Å². The zero-order valence-electron chi connectivity index (χ0n) is 12.3. The molecule has 1 saturated heterocycles. The molecule has 110 valence electrons. The van der Waals surface area contributed by atoms with E-state index in [1.54, 1.807) is 6.07 Å². The van der Waals surface area contributed by atoms with E-state index in [1.165, 1.54) is 18.9 Å². The van der Waals surface area contributed by atoms with Gasteiger partial charge in [0.1, 0.15) is 10.8 Å². The second-order valence-corrected chi connectivity index (χ2v) is 6.13. The first-order valence-corrected chi connectivity index (χ1v) is 7.77. The average Bonchev–Trinajstić information content (AvgIpc) is 2.46. The van der Waals surface area contributed by atoms with E-state index in [1.807, 2.05) is 6.07 Å². The van der Waals surface area contributed by atoms with Gasteiger partial charge in [-0.1, -0.05) is 45.0 Å². The van der Waals surface area contributed by atoms with Crippen LogP contribution in [0.3, 0.4) is 0 Å². The van der Waals surface area contributed by atoms with Gasteiger partial charge in [-0.15, -0.1) is 0 Å². The number of nitrogens with two attached hydrogens (primary N) is 1. The van der Waals surface area contributed by atoms with E-state index in [4.69, 9.17) is 18.0 Å². The number of hydrogen-bond donors (Lipinski definition) is 1. The van der Waals surface area contributed by atoms with Crippen LogP contribution in [0.25, 0.3) is 0 Å². The summed E-state index contributed by atoms with van der Waals surface area (Å²) in [6, 6.07) is 5.07. The summed E-state index contributed by atoms with van der Waals surface area (Å²) in [7, 11) is 0. The predicted octanol–water partition coefficient (Wildman–Crippen LogP) is 3.87. The predicted molar refractivity (Wildman–Crippen MR) is 86.7 cm³/mol. The number of nitrogens with zero attached hydrogens (tertiary/aromatic N) is 1. The molecule has 0 aromatic heterocycles. The van der Waals surface area contributed by atoms with Crippen molar-refractivity contribution in [3.05, 3.63) is 29.6 Å². The minimum atomic E-state index is -0.321. The molecule has 0 atom stereocenters. The van der Waals surface area contributed by atoms with Crippen molar-refractivity contribution >= 4 is 22.9 Å². The summed E-state index contributed by atoms with van der Waals surface area (Å²) in [6.45, 7) is 6.42. The Morgan fingerprint density at radius 1 is 1.30 bits per heavy atom. The normalized spacial score (nSPS) is 18.1. The Kier molecular flexibility index (Phi) is 4.63. The number of halogens is 1. The van der Waals surface area contributed by atoms with Gasteiger partial charge < -0.3 is 10.6 Å². The van der Waals surface area contributed by atoms with Crippen LogP contribution >= 0.6 is 12.2 Å². The Morgan fingerprint density at radius 2 is 1.90 bits per heavy atom. The van der Waals surface area contributed by atoms with Crippen molar-refractivity contribution in [2.75, 3.05) is 18.0 Å². The molecule has 1 heterocycles. The monoisotopic (exact) mass is 294 g/mol. The molecule has 1 aliphatic heterocycles. The molecule has 0 radical (unpaired) electrons. The standard InChI is InChI=1S/C16H23FN2S/c1-3-16(4-2)8-10-19(11-9-16)13-7-5-6-12(17)14(13)15(18)20/h5-7H,3-4,8-11H2,1-2H3,(H2,18,20). The molecule has 4 heteroatoms. The Labute approximate surface area is 126 Å². The highest BCUT2D eigenvalue weighted by Gasteiger charge is 2.32. The van der Waals surface area contributed by atoms with Gasteiger partial charge in [-0.3, -0.25) is 0 Å². The second-order valence-electron chi connectivity index (χ2n) is 5.69. The maximum Gasteiger partial charge on any atom is 0.135 e. The smallest absolute Gasteiger partial charge is 0.135 e. The summed E-state index contributed by atoms with van der Waals surface area (Å²) in [5.41, 5.74) is 7.38. The number of piperidine rings is 1. The van der Waals surface area contributed by atoms with E-state index in [2.05, 4.69) is 18.7 Å². The molecule has 2 nitrogen and oxygen atoms in total. The molecule has 2 N–H and O–H groups in total. The molecule has 0 spiro atoms.